The molecule has 1 aliphatic heterocycles. The van der Waals surface area contributed by atoms with E-state index in [-0.39, 0.29) is 17.2 Å². The van der Waals surface area contributed by atoms with Gasteiger partial charge in [0.1, 0.15) is 11.6 Å². The lowest BCUT2D eigenvalue weighted by molar-refractivity contribution is -0.134. The summed E-state index contributed by atoms with van der Waals surface area (Å²) >= 11 is 0. The maximum atomic E-state index is 13.6. The summed E-state index contributed by atoms with van der Waals surface area (Å²) in [5.74, 6) is 1.07. The maximum absolute atomic E-state index is 13.6. The number of ether oxygens (including phenoxy) is 1. The standard InChI is InChI=1S/C33H35N3O3/c1-20-6-4-5-7-27(20)22-9-11-29-24(15-22)16-25(31(34)35-29)14-21(2)32(38)36-13-12-33(19-36)18-23-8-10-26(39-3)17-28(23)30(33)37/h4-11,15-17,21,30,37H,12-14,18-19H2,1-3H3,(H2,34,35)/t21?,30-,33+/m1/s1. The van der Waals surface area contributed by atoms with E-state index in [1.165, 1.54) is 11.1 Å². The number of fused-ring (bicyclic) bond motifs is 2. The third kappa shape index (κ3) is 4.43. The van der Waals surface area contributed by atoms with E-state index in [2.05, 4.69) is 48.3 Å². The second kappa shape index (κ2) is 9.69. The van der Waals surface area contributed by atoms with Gasteiger partial charge in [0, 0.05) is 29.8 Å². The van der Waals surface area contributed by atoms with E-state index in [1.807, 2.05) is 42.2 Å². The lowest BCUT2D eigenvalue weighted by Gasteiger charge is -2.29. The highest BCUT2D eigenvalue weighted by atomic mass is 16.5. The minimum absolute atomic E-state index is 0.0979. The first-order chi connectivity index (χ1) is 18.8. The first-order valence-electron chi connectivity index (χ1n) is 13.7. The van der Waals surface area contributed by atoms with Gasteiger partial charge in [0.2, 0.25) is 5.91 Å². The van der Waals surface area contributed by atoms with Gasteiger partial charge in [0.25, 0.3) is 0 Å². The van der Waals surface area contributed by atoms with Gasteiger partial charge in [0.05, 0.1) is 18.7 Å². The van der Waals surface area contributed by atoms with Gasteiger partial charge in [-0.2, -0.15) is 0 Å². The molecule has 6 heteroatoms. The van der Waals surface area contributed by atoms with Gasteiger partial charge < -0.3 is 20.5 Å². The quantitative estimate of drug-likeness (QED) is 0.363. The number of hydrogen-bond donors (Lipinski definition) is 2. The van der Waals surface area contributed by atoms with E-state index in [1.54, 1.807) is 7.11 Å². The average molecular weight is 522 g/mol. The third-order valence-corrected chi connectivity index (χ3v) is 8.80. The molecule has 1 spiro atoms. The Morgan fingerprint density at radius 1 is 1.18 bits per heavy atom. The fourth-order valence-electron chi connectivity index (χ4n) is 6.56. The summed E-state index contributed by atoms with van der Waals surface area (Å²) in [6.07, 6.45) is 1.48. The molecule has 1 unspecified atom stereocenters. The second-order valence-electron chi connectivity index (χ2n) is 11.4. The molecular formula is C33H35N3O3. The van der Waals surface area contributed by atoms with Crippen LogP contribution in [0.15, 0.2) is 66.7 Å². The average Bonchev–Trinajstić information content (AvgIpc) is 3.49. The maximum Gasteiger partial charge on any atom is 0.225 e. The van der Waals surface area contributed by atoms with E-state index < -0.39 is 6.10 Å². The number of rotatable bonds is 5. The molecule has 39 heavy (non-hydrogen) atoms. The summed E-state index contributed by atoms with van der Waals surface area (Å²) in [5.41, 5.74) is 13.4. The minimum atomic E-state index is -0.599. The highest BCUT2D eigenvalue weighted by Gasteiger charge is 2.50. The van der Waals surface area contributed by atoms with E-state index in [9.17, 15) is 9.90 Å². The van der Waals surface area contributed by atoms with Crippen molar-refractivity contribution >= 4 is 22.6 Å². The van der Waals surface area contributed by atoms with Gasteiger partial charge in [0.15, 0.2) is 0 Å². The highest BCUT2D eigenvalue weighted by molar-refractivity contribution is 5.87. The zero-order valence-electron chi connectivity index (χ0n) is 22.8. The topological polar surface area (TPSA) is 88.7 Å². The van der Waals surface area contributed by atoms with Crippen LogP contribution in [0.3, 0.4) is 0 Å². The SMILES string of the molecule is COc1ccc2c(c1)[C@@H](O)[C@@]1(CCN(C(=O)C(C)Cc3cc4cc(-c5ccccc5C)ccc4nc3N)C1)C2. The number of nitrogens with zero attached hydrogens (tertiary/aromatic N) is 2. The molecular weight excluding hydrogens is 486 g/mol. The number of anilines is 1. The largest absolute Gasteiger partial charge is 0.497 e. The van der Waals surface area contributed by atoms with E-state index in [0.717, 1.165) is 51.7 Å². The van der Waals surface area contributed by atoms with Crippen molar-refractivity contribution in [1.82, 2.24) is 9.88 Å². The Morgan fingerprint density at radius 3 is 2.79 bits per heavy atom. The molecule has 3 aromatic carbocycles. The number of benzene rings is 3. The molecule has 2 aliphatic rings. The molecule has 3 atom stereocenters. The number of likely N-dealkylation sites (tertiary alicyclic amines) is 1. The lowest BCUT2D eigenvalue weighted by Crippen LogP contribution is -2.37. The molecule has 1 aliphatic carbocycles. The number of nitrogen functional groups attached to an aromatic ring is 1. The number of nitrogens with two attached hydrogens (primary N) is 1. The minimum Gasteiger partial charge on any atom is -0.497 e. The van der Waals surface area contributed by atoms with Gasteiger partial charge in [-0.15, -0.1) is 0 Å². The zero-order valence-corrected chi connectivity index (χ0v) is 22.8. The predicted octanol–water partition coefficient (Wildman–Crippen LogP) is 5.49. The van der Waals surface area contributed by atoms with Crippen molar-refractivity contribution in [2.45, 2.75) is 39.2 Å². The molecule has 1 amide bonds. The molecule has 0 saturated carbocycles. The van der Waals surface area contributed by atoms with Crippen molar-refractivity contribution < 1.29 is 14.6 Å². The Balaban J connectivity index is 1.19. The lowest BCUT2D eigenvalue weighted by atomic mass is 9.82. The van der Waals surface area contributed by atoms with Crippen LogP contribution in [-0.2, 0) is 17.6 Å². The monoisotopic (exact) mass is 521 g/mol. The summed E-state index contributed by atoms with van der Waals surface area (Å²) in [7, 11) is 1.64. The smallest absolute Gasteiger partial charge is 0.225 e. The summed E-state index contributed by atoms with van der Waals surface area (Å²) in [5, 5.41) is 12.3. The second-order valence-corrected chi connectivity index (χ2v) is 11.4. The highest BCUT2D eigenvalue weighted by Crippen LogP contribution is 2.52. The predicted molar refractivity (Wildman–Crippen MR) is 154 cm³/mol. The molecule has 200 valence electrons. The number of amides is 1. The Kier molecular flexibility index (Phi) is 6.31. The van der Waals surface area contributed by atoms with Crippen LogP contribution in [0.5, 0.6) is 5.75 Å². The zero-order chi connectivity index (χ0) is 27.3. The summed E-state index contributed by atoms with van der Waals surface area (Å²) in [4.78, 5) is 20.2. The van der Waals surface area contributed by atoms with Crippen molar-refractivity contribution in [3.05, 3.63) is 89.0 Å². The van der Waals surface area contributed by atoms with Gasteiger partial charge in [-0.3, -0.25) is 4.79 Å². The first kappa shape index (κ1) is 25.4. The fourth-order valence-corrected chi connectivity index (χ4v) is 6.56. The van der Waals surface area contributed by atoms with E-state index in [0.29, 0.717) is 25.3 Å². The molecule has 1 fully saturated rings. The van der Waals surface area contributed by atoms with Crippen LogP contribution in [0.2, 0.25) is 0 Å². The van der Waals surface area contributed by atoms with Gasteiger partial charge in [-0.25, -0.2) is 4.98 Å². The molecule has 1 saturated heterocycles. The number of aliphatic hydroxyl groups is 1. The van der Waals surface area contributed by atoms with Gasteiger partial charge >= 0.3 is 0 Å². The normalized spacial score (nSPS) is 20.9. The van der Waals surface area contributed by atoms with Gasteiger partial charge in [-0.1, -0.05) is 43.3 Å². The Morgan fingerprint density at radius 2 is 2.00 bits per heavy atom. The molecule has 0 bridgehead atoms. The van der Waals surface area contributed by atoms with E-state index in [4.69, 9.17) is 10.5 Å². The number of hydrogen-bond acceptors (Lipinski definition) is 5. The van der Waals surface area contributed by atoms with Crippen LogP contribution in [0.4, 0.5) is 5.82 Å². The van der Waals surface area contributed by atoms with Crippen LogP contribution < -0.4 is 10.5 Å². The Bertz CT molecular complexity index is 1580. The number of pyridine rings is 1. The van der Waals surface area contributed by atoms with E-state index >= 15 is 0 Å². The Hall–Kier alpha value is -3.90. The van der Waals surface area contributed by atoms with Crippen LogP contribution in [0.1, 0.15) is 41.7 Å². The molecule has 6 nitrogen and oxygen atoms in total. The Labute approximate surface area is 229 Å². The fraction of sp³-hybridized carbons (Fsp3) is 0.333. The molecule has 0 radical (unpaired) electrons. The summed E-state index contributed by atoms with van der Waals surface area (Å²) < 4.78 is 5.37. The molecule has 2 heterocycles. The number of carbonyl (C=O) groups excluding carboxylic acids is 1. The van der Waals surface area contributed by atoms with Crippen molar-refractivity contribution in [3.8, 4) is 16.9 Å². The van der Waals surface area contributed by atoms with Crippen LogP contribution >= 0.6 is 0 Å². The number of aromatic nitrogens is 1. The third-order valence-electron chi connectivity index (χ3n) is 8.80. The van der Waals surface area contributed by atoms with Gasteiger partial charge in [-0.05, 0) is 89.9 Å². The molecule has 4 aromatic rings. The number of aliphatic hydroxyl groups excluding tert-OH is 1. The number of carbonyl (C=O) groups is 1. The molecule has 1 aromatic heterocycles. The van der Waals surface area contributed by atoms with Crippen molar-refractivity contribution in [2.75, 3.05) is 25.9 Å². The first-order valence-corrected chi connectivity index (χ1v) is 13.7. The van der Waals surface area contributed by atoms with Crippen LogP contribution in [0, 0.1) is 18.3 Å². The summed E-state index contributed by atoms with van der Waals surface area (Å²) in [6, 6.07) is 22.6. The van der Waals surface area contributed by atoms with Crippen molar-refractivity contribution in [3.63, 3.8) is 0 Å². The number of aryl methyl sites for hydroxylation is 1. The molecule has 3 N–H and O–H groups in total. The van der Waals surface area contributed by atoms with Crippen molar-refractivity contribution in [1.29, 1.82) is 0 Å². The van der Waals surface area contributed by atoms with Crippen molar-refractivity contribution in [2.24, 2.45) is 11.3 Å². The molecule has 6 rings (SSSR count). The van der Waals surface area contributed by atoms with Crippen LogP contribution in [-0.4, -0.2) is 41.1 Å². The van der Waals surface area contributed by atoms with Crippen LogP contribution in [0.25, 0.3) is 22.0 Å². The number of methoxy groups -OCH3 is 1. The summed E-state index contributed by atoms with van der Waals surface area (Å²) in [6.45, 7) is 5.28.